The van der Waals surface area contributed by atoms with Gasteiger partial charge in [-0.25, -0.2) is 0 Å². The summed E-state index contributed by atoms with van der Waals surface area (Å²) < 4.78 is 10.9. The monoisotopic (exact) mass is 284 g/mol. The van der Waals surface area contributed by atoms with Gasteiger partial charge < -0.3 is 20.5 Å². The average molecular weight is 284 g/mol. The van der Waals surface area contributed by atoms with Crippen LogP contribution in [0.25, 0.3) is 0 Å². The lowest BCUT2D eigenvalue weighted by molar-refractivity contribution is -0.127. The van der Waals surface area contributed by atoms with Crippen LogP contribution in [0.4, 0.5) is 0 Å². The molecule has 116 valence electrons. The van der Waals surface area contributed by atoms with Gasteiger partial charge in [-0.2, -0.15) is 0 Å². The zero-order valence-electron chi connectivity index (χ0n) is 12.4. The van der Waals surface area contributed by atoms with Gasteiger partial charge in [-0.3, -0.25) is 4.79 Å². The van der Waals surface area contributed by atoms with Crippen LogP contribution in [0.5, 0.6) is 0 Å². The fraction of sp³-hybridized carbons (Fsp3) is 0.933. The first-order valence-electron chi connectivity index (χ1n) is 7.93. The second kappa shape index (κ2) is 7.96. The van der Waals surface area contributed by atoms with E-state index in [0.29, 0.717) is 19.1 Å². The highest BCUT2D eigenvalue weighted by molar-refractivity contribution is 5.86. The van der Waals surface area contributed by atoms with E-state index in [1.54, 1.807) is 0 Å². The second-order valence-corrected chi connectivity index (χ2v) is 6.13. The Morgan fingerprint density at radius 2 is 2.15 bits per heavy atom. The minimum Gasteiger partial charge on any atom is -0.381 e. The van der Waals surface area contributed by atoms with Crippen LogP contribution in [0, 0.1) is 5.92 Å². The van der Waals surface area contributed by atoms with Gasteiger partial charge in [-0.15, -0.1) is 0 Å². The zero-order valence-corrected chi connectivity index (χ0v) is 12.4. The Kier molecular flexibility index (Phi) is 6.26. The Bertz CT molecular complexity index is 297. The number of nitrogens with two attached hydrogens (primary N) is 1. The van der Waals surface area contributed by atoms with Crippen molar-refractivity contribution in [2.75, 3.05) is 33.0 Å². The van der Waals surface area contributed by atoms with Crippen LogP contribution in [-0.2, 0) is 14.3 Å². The van der Waals surface area contributed by atoms with Crippen molar-refractivity contribution in [3.8, 4) is 0 Å². The predicted molar refractivity (Wildman–Crippen MR) is 77.4 cm³/mol. The van der Waals surface area contributed by atoms with Crippen molar-refractivity contribution in [3.05, 3.63) is 0 Å². The van der Waals surface area contributed by atoms with Gasteiger partial charge >= 0.3 is 0 Å². The molecule has 3 N–H and O–H groups in total. The van der Waals surface area contributed by atoms with Crippen LogP contribution in [0.1, 0.15) is 44.9 Å². The van der Waals surface area contributed by atoms with Gasteiger partial charge in [0, 0.05) is 25.7 Å². The van der Waals surface area contributed by atoms with Gasteiger partial charge in [-0.05, 0) is 25.7 Å². The Labute approximate surface area is 121 Å². The van der Waals surface area contributed by atoms with Gasteiger partial charge in [0.25, 0.3) is 0 Å². The summed E-state index contributed by atoms with van der Waals surface area (Å²) in [5, 5.41) is 2.95. The van der Waals surface area contributed by atoms with Crippen molar-refractivity contribution in [3.63, 3.8) is 0 Å². The van der Waals surface area contributed by atoms with Gasteiger partial charge in [0.15, 0.2) is 0 Å². The number of carbonyl (C=O) groups excluding carboxylic acids is 1. The van der Waals surface area contributed by atoms with E-state index in [2.05, 4.69) is 5.32 Å². The third kappa shape index (κ3) is 4.72. The van der Waals surface area contributed by atoms with E-state index >= 15 is 0 Å². The van der Waals surface area contributed by atoms with Gasteiger partial charge in [0.1, 0.15) is 0 Å². The molecular weight excluding hydrogens is 256 g/mol. The molecule has 2 aliphatic rings. The predicted octanol–water partition coefficient (Wildman–Crippen LogP) is 1.21. The zero-order chi connectivity index (χ0) is 14.3. The molecule has 1 heterocycles. The summed E-state index contributed by atoms with van der Waals surface area (Å²) in [7, 11) is 0. The lowest BCUT2D eigenvalue weighted by atomic mass is 9.82. The summed E-state index contributed by atoms with van der Waals surface area (Å²) in [5.74, 6) is 0.570. The van der Waals surface area contributed by atoms with Crippen LogP contribution in [0.2, 0.25) is 0 Å². The Hall–Kier alpha value is -0.650. The molecule has 5 nitrogen and oxygen atoms in total. The highest BCUT2D eigenvalue weighted by atomic mass is 16.5. The molecular formula is C15H28N2O3. The van der Waals surface area contributed by atoms with E-state index in [1.165, 1.54) is 6.42 Å². The van der Waals surface area contributed by atoms with Crippen LogP contribution in [0.15, 0.2) is 0 Å². The summed E-state index contributed by atoms with van der Waals surface area (Å²) >= 11 is 0. The van der Waals surface area contributed by atoms with E-state index in [4.69, 9.17) is 15.2 Å². The maximum Gasteiger partial charge on any atom is 0.240 e. The summed E-state index contributed by atoms with van der Waals surface area (Å²) in [6.45, 7) is 3.80. The molecule has 20 heavy (non-hydrogen) atoms. The van der Waals surface area contributed by atoms with E-state index < -0.39 is 5.54 Å². The van der Waals surface area contributed by atoms with Crippen molar-refractivity contribution >= 4 is 5.91 Å². The number of ether oxygens (including phenoxy) is 2. The van der Waals surface area contributed by atoms with Crippen molar-refractivity contribution in [2.24, 2.45) is 11.7 Å². The van der Waals surface area contributed by atoms with Crippen molar-refractivity contribution < 1.29 is 14.3 Å². The molecule has 2 fully saturated rings. The molecule has 0 aromatic rings. The molecule has 0 aromatic heterocycles. The molecule has 2 rings (SSSR count). The summed E-state index contributed by atoms with van der Waals surface area (Å²) in [6, 6.07) is 0. The number of nitrogens with one attached hydrogen (secondary N) is 1. The van der Waals surface area contributed by atoms with Gasteiger partial charge in [0.05, 0.1) is 18.8 Å². The molecule has 0 spiro atoms. The van der Waals surface area contributed by atoms with Gasteiger partial charge in [-0.1, -0.05) is 19.3 Å². The number of amides is 1. The van der Waals surface area contributed by atoms with Crippen molar-refractivity contribution in [2.45, 2.75) is 50.5 Å². The van der Waals surface area contributed by atoms with Crippen LogP contribution in [0.3, 0.4) is 0 Å². The highest BCUT2D eigenvalue weighted by Gasteiger charge is 2.34. The third-order valence-electron chi connectivity index (χ3n) is 4.33. The maximum absolute atomic E-state index is 12.1. The second-order valence-electron chi connectivity index (χ2n) is 6.13. The molecule has 1 saturated carbocycles. The molecule has 1 aliphatic heterocycles. The molecule has 1 saturated heterocycles. The molecule has 1 aliphatic carbocycles. The first kappa shape index (κ1) is 15.7. The van der Waals surface area contributed by atoms with E-state index in [9.17, 15) is 4.79 Å². The number of hydrogen-bond acceptors (Lipinski definition) is 4. The highest BCUT2D eigenvalue weighted by Crippen LogP contribution is 2.25. The normalized spacial score (nSPS) is 25.6. The van der Waals surface area contributed by atoms with Crippen molar-refractivity contribution in [1.29, 1.82) is 0 Å². The maximum atomic E-state index is 12.1. The van der Waals surface area contributed by atoms with Crippen LogP contribution < -0.4 is 11.1 Å². The average Bonchev–Trinajstić information content (AvgIpc) is 2.96. The molecule has 5 heteroatoms. The lowest BCUT2D eigenvalue weighted by Gasteiger charge is -2.31. The standard InChI is InChI=1S/C15H28N2O3/c16-15(6-2-1-3-7-15)14(18)17-8-4-9-19-11-13-5-10-20-12-13/h13H,1-12,16H2,(H,17,18). The van der Waals surface area contributed by atoms with Crippen LogP contribution >= 0.6 is 0 Å². The van der Waals surface area contributed by atoms with E-state index in [-0.39, 0.29) is 5.91 Å². The molecule has 1 amide bonds. The van der Waals surface area contributed by atoms with E-state index in [0.717, 1.165) is 58.3 Å². The minimum atomic E-state index is -0.625. The summed E-state index contributed by atoms with van der Waals surface area (Å²) in [5.41, 5.74) is 5.54. The third-order valence-corrected chi connectivity index (χ3v) is 4.33. The lowest BCUT2D eigenvalue weighted by Crippen LogP contribution is -2.55. The fourth-order valence-corrected chi connectivity index (χ4v) is 2.93. The van der Waals surface area contributed by atoms with E-state index in [1.807, 2.05) is 0 Å². The Morgan fingerprint density at radius 3 is 2.85 bits per heavy atom. The Balaban J connectivity index is 1.50. The topological polar surface area (TPSA) is 73.6 Å². The molecule has 1 atom stereocenters. The minimum absolute atomic E-state index is 0.0152. The van der Waals surface area contributed by atoms with Crippen molar-refractivity contribution in [1.82, 2.24) is 5.32 Å². The van der Waals surface area contributed by atoms with Gasteiger partial charge in [0.2, 0.25) is 5.91 Å². The summed E-state index contributed by atoms with van der Waals surface area (Å²) in [4.78, 5) is 12.1. The molecule has 0 bridgehead atoms. The number of carbonyl (C=O) groups is 1. The van der Waals surface area contributed by atoms with Crippen LogP contribution in [-0.4, -0.2) is 44.4 Å². The molecule has 0 radical (unpaired) electrons. The SMILES string of the molecule is NC1(C(=O)NCCCOCC2CCOC2)CCCCC1. The molecule has 0 aromatic carbocycles. The Morgan fingerprint density at radius 1 is 1.35 bits per heavy atom. The number of rotatable bonds is 7. The first-order valence-corrected chi connectivity index (χ1v) is 7.93. The molecule has 1 unspecified atom stereocenters. The summed E-state index contributed by atoms with van der Waals surface area (Å²) in [6.07, 6.45) is 6.91. The number of hydrogen-bond donors (Lipinski definition) is 2. The quantitative estimate of drug-likeness (QED) is 0.689. The first-order chi connectivity index (χ1) is 9.71. The smallest absolute Gasteiger partial charge is 0.240 e. The largest absolute Gasteiger partial charge is 0.381 e. The fourth-order valence-electron chi connectivity index (χ4n) is 2.93.